The highest BCUT2D eigenvalue weighted by molar-refractivity contribution is 5.95. The first kappa shape index (κ1) is 19.1. The Morgan fingerprint density at radius 1 is 1.20 bits per heavy atom. The number of hydroxylamine groups is 2. The van der Waals surface area contributed by atoms with Crippen molar-refractivity contribution in [2.75, 3.05) is 13.2 Å². The summed E-state index contributed by atoms with van der Waals surface area (Å²) in [5, 5.41) is 1.48. The first-order valence-corrected chi connectivity index (χ1v) is 8.56. The van der Waals surface area contributed by atoms with Gasteiger partial charge in [-0.2, -0.15) is 10.1 Å². The molecule has 138 valence electrons. The molecule has 0 amide bonds. The minimum atomic E-state index is -0.680. The summed E-state index contributed by atoms with van der Waals surface area (Å²) in [6, 6.07) is 6.22. The van der Waals surface area contributed by atoms with Gasteiger partial charge in [-0.1, -0.05) is 19.9 Å². The van der Waals surface area contributed by atoms with Gasteiger partial charge >= 0.3 is 0 Å². The standard InChI is InChI=1S/C18H29N5O2/c1-12(2)15-8-7-14(11-13(15)3)24-9-6-10-25-23-17(20)21-16(19)22-18(23,4)5/h7-8,11-12H,6,9-10H2,1-5H3,(H4,19,20,21,22). The number of rotatable bonds is 7. The lowest BCUT2D eigenvalue weighted by atomic mass is 9.98. The van der Waals surface area contributed by atoms with Gasteiger partial charge in [0.05, 0.1) is 13.2 Å². The van der Waals surface area contributed by atoms with Crippen LogP contribution in [0.5, 0.6) is 5.75 Å². The fourth-order valence-electron chi connectivity index (χ4n) is 2.81. The molecule has 2 rings (SSSR count). The maximum Gasteiger partial charge on any atom is 0.226 e. The van der Waals surface area contributed by atoms with Crippen LogP contribution in [0.3, 0.4) is 0 Å². The Hall–Kier alpha value is -2.28. The van der Waals surface area contributed by atoms with Gasteiger partial charge in [0.15, 0.2) is 5.66 Å². The van der Waals surface area contributed by atoms with Gasteiger partial charge in [0, 0.05) is 6.42 Å². The van der Waals surface area contributed by atoms with E-state index in [-0.39, 0.29) is 11.9 Å². The van der Waals surface area contributed by atoms with Gasteiger partial charge in [-0.05, 0) is 49.9 Å². The summed E-state index contributed by atoms with van der Waals surface area (Å²) < 4.78 is 5.80. The normalized spacial score (nSPS) is 16.6. The number of nitrogens with two attached hydrogens (primary N) is 2. The molecule has 25 heavy (non-hydrogen) atoms. The molecule has 0 unspecified atom stereocenters. The molecule has 0 aliphatic carbocycles. The van der Waals surface area contributed by atoms with E-state index in [2.05, 4.69) is 42.9 Å². The van der Waals surface area contributed by atoms with Crippen molar-refractivity contribution in [2.45, 2.75) is 52.6 Å². The van der Waals surface area contributed by atoms with Crippen molar-refractivity contribution >= 4 is 11.9 Å². The van der Waals surface area contributed by atoms with E-state index < -0.39 is 5.66 Å². The molecule has 0 radical (unpaired) electrons. The average molecular weight is 347 g/mol. The SMILES string of the molecule is Cc1cc(OCCCON2C(N)=NC(N)=NC2(C)C)ccc1C(C)C. The number of ether oxygens (including phenoxy) is 1. The number of benzene rings is 1. The van der Waals surface area contributed by atoms with Crippen LogP contribution >= 0.6 is 0 Å². The van der Waals surface area contributed by atoms with Gasteiger partial charge in [0.2, 0.25) is 11.9 Å². The van der Waals surface area contributed by atoms with Crippen molar-refractivity contribution < 1.29 is 9.57 Å². The Bertz CT molecular complexity index is 667. The Kier molecular flexibility index (Phi) is 5.89. The number of nitrogens with zero attached hydrogens (tertiary/aromatic N) is 3. The van der Waals surface area contributed by atoms with E-state index in [1.807, 2.05) is 19.9 Å². The monoisotopic (exact) mass is 347 g/mol. The molecule has 1 heterocycles. The highest BCUT2D eigenvalue weighted by Gasteiger charge is 2.32. The fraction of sp³-hybridized carbons (Fsp3) is 0.556. The van der Waals surface area contributed by atoms with Crippen LogP contribution in [0.1, 0.15) is 51.2 Å². The molecule has 1 aliphatic rings. The second-order valence-electron chi connectivity index (χ2n) is 6.94. The summed E-state index contributed by atoms with van der Waals surface area (Å²) in [4.78, 5) is 13.9. The van der Waals surface area contributed by atoms with E-state index in [1.165, 1.54) is 16.2 Å². The van der Waals surface area contributed by atoms with E-state index in [9.17, 15) is 0 Å². The molecule has 0 atom stereocenters. The Morgan fingerprint density at radius 3 is 2.52 bits per heavy atom. The quantitative estimate of drug-likeness (QED) is 0.738. The lowest BCUT2D eigenvalue weighted by Gasteiger charge is -2.36. The first-order valence-electron chi connectivity index (χ1n) is 8.56. The van der Waals surface area contributed by atoms with Gasteiger partial charge < -0.3 is 16.2 Å². The van der Waals surface area contributed by atoms with Crippen LogP contribution in [0.2, 0.25) is 0 Å². The highest BCUT2D eigenvalue weighted by Crippen LogP contribution is 2.24. The third-order valence-corrected chi connectivity index (χ3v) is 3.96. The number of hydrogen-bond donors (Lipinski definition) is 2. The van der Waals surface area contributed by atoms with Crippen molar-refractivity contribution in [1.82, 2.24) is 5.06 Å². The van der Waals surface area contributed by atoms with E-state index >= 15 is 0 Å². The van der Waals surface area contributed by atoms with Gasteiger partial charge in [-0.3, -0.25) is 4.84 Å². The van der Waals surface area contributed by atoms with E-state index in [0.717, 1.165) is 5.75 Å². The molecular weight excluding hydrogens is 318 g/mol. The molecule has 0 spiro atoms. The predicted octanol–water partition coefficient (Wildman–Crippen LogP) is 2.50. The summed E-state index contributed by atoms with van der Waals surface area (Å²) in [6.07, 6.45) is 0.712. The summed E-state index contributed by atoms with van der Waals surface area (Å²) in [5.74, 6) is 1.75. The van der Waals surface area contributed by atoms with Crippen LogP contribution in [0, 0.1) is 6.92 Å². The van der Waals surface area contributed by atoms with Crippen LogP contribution in [0.15, 0.2) is 28.2 Å². The predicted molar refractivity (Wildman–Crippen MR) is 100 cm³/mol. The van der Waals surface area contributed by atoms with Crippen LogP contribution in [-0.2, 0) is 4.84 Å². The number of hydrogen-bond acceptors (Lipinski definition) is 7. The van der Waals surface area contributed by atoms with E-state index in [0.29, 0.717) is 25.6 Å². The zero-order chi connectivity index (χ0) is 18.6. The molecule has 1 aromatic rings. The minimum absolute atomic E-state index is 0.158. The molecule has 0 saturated carbocycles. The summed E-state index contributed by atoms with van der Waals surface area (Å²) >= 11 is 0. The zero-order valence-electron chi connectivity index (χ0n) is 15.7. The molecule has 1 aromatic carbocycles. The van der Waals surface area contributed by atoms with Crippen molar-refractivity contribution in [1.29, 1.82) is 0 Å². The molecule has 7 nitrogen and oxygen atoms in total. The number of aliphatic imine (C=N–C) groups is 2. The van der Waals surface area contributed by atoms with Crippen molar-refractivity contribution in [3.63, 3.8) is 0 Å². The molecule has 0 aromatic heterocycles. The third kappa shape index (κ3) is 4.85. The Balaban J connectivity index is 1.79. The van der Waals surface area contributed by atoms with E-state index in [4.69, 9.17) is 21.0 Å². The maximum atomic E-state index is 5.86. The van der Waals surface area contributed by atoms with Gasteiger partial charge in [0.25, 0.3) is 0 Å². The van der Waals surface area contributed by atoms with Gasteiger partial charge in [-0.25, -0.2) is 4.99 Å². The summed E-state index contributed by atoms with van der Waals surface area (Å²) in [7, 11) is 0. The van der Waals surface area contributed by atoms with Crippen LogP contribution in [-0.4, -0.2) is 35.9 Å². The van der Waals surface area contributed by atoms with Crippen LogP contribution < -0.4 is 16.2 Å². The zero-order valence-corrected chi connectivity index (χ0v) is 15.7. The highest BCUT2D eigenvalue weighted by atomic mass is 16.7. The van der Waals surface area contributed by atoms with Crippen LogP contribution in [0.25, 0.3) is 0 Å². The molecule has 1 aliphatic heterocycles. The molecule has 7 heteroatoms. The molecule has 0 saturated heterocycles. The second kappa shape index (κ2) is 7.74. The van der Waals surface area contributed by atoms with Crippen molar-refractivity contribution in [2.24, 2.45) is 21.5 Å². The maximum absolute atomic E-state index is 5.86. The van der Waals surface area contributed by atoms with Crippen molar-refractivity contribution in [3.8, 4) is 5.75 Å². The Morgan fingerprint density at radius 2 is 1.92 bits per heavy atom. The van der Waals surface area contributed by atoms with Gasteiger partial charge in [0.1, 0.15) is 5.75 Å². The topological polar surface area (TPSA) is 98.5 Å². The molecule has 4 N–H and O–H groups in total. The molecular formula is C18H29N5O2. The molecule has 0 bridgehead atoms. The Labute approximate surface area is 149 Å². The number of guanidine groups is 2. The smallest absolute Gasteiger partial charge is 0.226 e. The average Bonchev–Trinajstić information content (AvgIpc) is 2.48. The second-order valence-corrected chi connectivity index (χ2v) is 6.94. The molecule has 0 fully saturated rings. The van der Waals surface area contributed by atoms with Gasteiger partial charge in [-0.15, -0.1) is 0 Å². The summed E-state index contributed by atoms with van der Waals surface area (Å²) in [5.41, 5.74) is 13.4. The lowest BCUT2D eigenvalue weighted by Crippen LogP contribution is -2.53. The van der Waals surface area contributed by atoms with Crippen LogP contribution in [0.4, 0.5) is 0 Å². The third-order valence-electron chi connectivity index (χ3n) is 3.96. The number of aryl methyl sites for hydroxylation is 1. The summed E-state index contributed by atoms with van der Waals surface area (Å²) in [6.45, 7) is 11.2. The largest absolute Gasteiger partial charge is 0.493 e. The van der Waals surface area contributed by atoms with E-state index in [1.54, 1.807) is 0 Å². The minimum Gasteiger partial charge on any atom is -0.493 e. The lowest BCUT2D eigenvalue weighted by molar-refractivity contribution is -0.158. The van der Waals surface area contributed by atoms with Crippen molar-refractivity contribution in [3.05, 3.63) is 29.3 Å². The fourth-order valence-corrected chi connectivity index (χ4v) is 2.81. The first-order chi connectivity index (χ1) is 11.7.